The molecule has 0 radical (unpaired) electrons. The van der Waals surface area contributed by atoms with E-state index in [1.54, 1.807) is 29.7 Å². The maximum Gasteiger partial charge on any atom is 0.291 e. The number of furan rings is 1. The molecule has 5 nitrogen and oxygen atoms in total. The summed E-state index contributed by atoms with van der Waals surface area (Å²) in [6, 6.07) is 12.6. The van der Waals surface area contributed by atoms with Crippen LogP contribution in [-0.2, 0) is 17.6 Å². The smallest absolute Gasteiger partial charge is 0.291 e. The standard InChI is InChI=1S/C27H32N2O3S/c1-18(2)19-9-11-20(12-10-19)25(29-13-16-31-17-14-29)24-21-6-3-4-8-23(21)33-27(24)28-26(30)22-7-5-15-32-22/h5,7,9-12,15,18,25H,3-4,6,8,13-14,16-17H2,1-2H3,(H,28,30)/t25-/m0/s1. The van der Waals surface area contributed by atoms with Crippen molar-refractivity contribution in [2.24, 2.45) is 0 Å². The van der Waals surface area contributed by atoms with Crippen molar-refractivity contribution in [1.29, 1.82) is 0 Å². The largest absolute Gasteiger partial charge is 0.459 e. The van der Waals surface area contributed by atoms with Crippen LogP contribution >= 0.6 is 11.3 Å². The van der Waals surface area contributed by atoms with E-state index < -0.39 is 0 Å². The number of anilines is 1. The molecule has 1 aromatic carbocycles. The molecule has 2 aromatic heterocycles. The molecule has 0 saturated carbocycles. The number of benzene rings is 1. The van der Waals surface area contributed by atoms with Crippen molar-refractivity contribution in [3.8, 4) is 0 Å². The minimum absolute atomic E-state index is 0.0973. The number of fused-ring (bicyclic) bond motifs is 1. The number of nitrogens with one attached hydrogen (secondary N) is 1. The lowest BCUT2D eigenvalue weighted by molar-refractivity contribution is 0.0239. The number of nitrogens with zero attached hydrogens (tertiary/aromatic N) is 1. The zero-order valence-corrected chi connectivity index (χ0v) is 20.2. The molecular formula is C27H32N2O3S. The van der Waals surface area contributed by atoms with Gasteiger partial charge in [0.1, 0.15) is 5.00 Å². The molecule has 1 aliphatic carbocycles. The van der Waals surface area contributed by atoms with E-state index in [1.807, 2.05) is 0 Å². The predicted molar refractivity (Wildman–Crippen MR) is 132 cm³/mol. The molecule has 2 aliphatic rings. The first-order valence-electron chi connectivity index (χ1n) is 12.0. The van der Waals surface area contributed by atoms with Crippen LogP contribution in [0.3, 0.4) is 0 Å². The first-order chi connectivity index (χ1) is 16.1. The molecule has 1 atom stereocenters. The Morgan fingerprint density at radius 1 is 1.03 bits per heavy atom. The van der Waals surface area contributed by atoms with Crippen molar-refractivity contribution < 1.29 is 13.9 Å². The molecule has 3 aromatic rings. The quantitative estimate of drug-likeness (QED) is 0.485. The normalized spacial score (nSPS) is 17.7. The number of hydrogen-bond donors (Lipinski definition) is 1. The summed E-state index contributed by atoms with van der Waals surface area (Å²) in [7, 11) is 0. The Labute approximate surface area is 199 Å². The summed E-state index contributed by atoms with van der Waals surface area (Å²) in [5.41, 5.74) is 5.33. The molecule has 1 saturated heterocycles. The highest BCUT2D eigenvalue weighted by Crippen LogP contribution is 2.45. The van der Waals surface area contributed by atoms with E-state index in [-0.39, 0.29) is 11.9 Å². The molecule has 5 rings (SSSR count). The topological polar surface area (TPSA) is 54.7 Å². The van der Waals surface area contributed by atoms with Gasteiger partial charge in [-0.1, -0.05) is 38.1 Å². The lowest BCUT2D eigenvalue weighted by Crippen LogP contribution is -2.40. The highest BCUT2D eigenvalue weighted by Gasteiger charge is 2.33. The second-order valence-corrected chi connectivity index (χ2v) is 10.4. The van der Waals surface area contributed by atoms with Gasteiger partial charge in [0.15, 0.2) is 5.76 Å². The number of rotatable bonds is 6. The summed E-state index contributed by atoms with van der Waals surface area (Å²) >= 11 is 1.75. The van der Waals surface area contributed by atoms with Gasteiger partial charge in [-0.15, -0.1) is 11.3 Å². The molecule has 0 spiro atoms. The summed E-state index contributed by atoms with van der Waals surface area (Å²) in [6.45, 7) is 7.69. The minimum Gasteiger partial charge on any atom is -0.459 e. The maximum absolute atomic E-state index is 13.0. The summed E-state index contributed by atoms with van der Waals surface area (Å²) in [5.74, 6) is 0.658. The number of aryl methyl sites for hydroxylation is 1. The molecule has 1 aliphatic heterocycles. The Bertz CT molecular complexity index is 1080. The van der Waals surface area contributed by atoms with Gasteiger partial charge in [0.05, 0.1) is 25.5 Å². The first-order valence-corrected chi connectivity index (χ1v) is 12.8. The molecule has 33 heavy (non-hydrogen) atoms. The van der Waals surface area contributed by atoms with E-state index in [2.05, 4.69) is 48.3 Å². The van der Waals surface area contributed by atoms with Gasteiger partial charge in [0, 0.05) is 23.5 Å². The van der Waals surface area contributed by atoms with Crippen LogP contribution in [0.25, 0.3) is 0 Å². The lowest BCUT2D eigenvalue weighted by Gasteiger charge is -2.36. The second-order valence-electron chi connectivity index (χ2n) is 9.26. The van der Waals surface area contributed by atoms with Gasteiger partial charge in [0.2, 0.25) is 0 Å². The molecule has 6 heteroatoms. The molecule has 1 N–H and O–H groups in total. The fourth-order valence-electron chi connectivity index (χ4n) is 5.00. The second kappa shape index (κ2) is 9.84. The summed E-state index contributed by atoms with van der Waals surface area (Å²) in [4.78, 5) is 16.9. The van der Waals surface area contributed by atoms with E-state index in [9.17, 15) is 4.79 Å². The van der Waals surface area contributed by atoms with Crippen LogP contribution < -0.4 is 5.32 Å². The molecule has 0 bridgehead atoms. The SMILES string of the molecule is CC(C)c1ccc([C@@H](c2c(NC(=O)c3ccco3)sc3c2CCCC3)N2CCOCC2)cc1. The Hall–Kier alpha value is -2.41. The summed E-state index contributed by atoms with van der Waals surface area (Å²) in [6.07, 6.45) is 6.12. The van der Waals surface area contributed by atoms with Crippen molar-refractivity contribution in [3.05, 3.63) is 75.6 Å². The van der Waals surface area contributed by atoms with E-state index >= 15 is 0 Å². The van der Waals surface area contributed by atoms with Crippen molar-refractivity contribution in [3.63, 3.8) is 0 Å². The maximum atomic E-state index is 13.0. The fraction of sp³-hybridized carbons (Fsp3) is 0.444. The van der Waals surface area contributed by atoms with Crippen LogP contribution in [0.15, 0.2) is 47.1 Å². The number of thiophene rings is 1. The summed E-state index contributed by atoms with van der Waals surface area (Å²) in [5, 5.41) is 4.18. The van der Waals surface area contributed by atoms with E-state index in [4.69, 9.17) is 9.15 Å². The van der Waals surface area contributed by atoms with E-state index in [0.29, 0.717) is 11.7 Å². The van der Waals surface area contributed by atoms with Gasteiger partial charge < -0.3 is 14.5 Å². The number of ether oxygens (including phenoxy) is 1. The van der Waals surface area contributed by atoms with Crippen LogP contribution in [-0.4, -0.2) is 37.1 Å². The third kappa shape index (κ3) is 4.65. The average Bonchev–Trinajstić information content (AvgIpc) is 3.49. The first kappa shape index (κ1) is 22.4. The van der Waals surface area contributed by atoms with Gasteiger partial charge in [0.25, 0.3) is 5.91 Å². The zero-order valence-electron chi connectivity index (χ0n) is 19.4. The third-order valence-corrected chi connectivity index (χ3v) is 8.01. The van der Waals surface area contributed by atoms with Crippen molar-refractivity contribution in [1.82, 2.24) is 4.90 Å². The predicted octanol–water partition coefficient (Wildman–Crippen LogP) is 6.02. The number of amides is 1. The number of carbonyl (C=O) groups is 1. The monoisotopic (exact) mass is 464 g/mol. The van der Waals surface area contributed by atoms with E-state index in [1.165, 1.54) is 40.0 Å². The zero-order chi connectivity index (χ0) is 22.8. The Kier molecular flexibility index (Phi) is 6.67. The molecule has 0 unspecified atom stereocenters. The Morgan fingerprint density at radius 2 is 1.76 bits per heavy atom. The number of morpholine rings is 1. The third-order valence-electron chi connectivity index (χ3n) is 6.79. The van der Waals surface area contributed by atoms with Crippen LogP contribution in [0, 0.1) is 0 Å². The van der Waals surface area contributed by atoms with Crippen LogP contribution in [0.5, 0.6) is 0 Å². The van der Waals surface area contributed by atoms with Gasteiger partial charge in [-0.05, 0) is 60.4 Å². The van der Waals surface area contributed by atoms with Gasteiger partial charge in [-0.2, -0.15) is 0 Å². The molecule has 1 amide bonds. The van der Waals surface area contributed by atoms with Crippen molar-refractivity contribution in [2.75, 3.05) is 31.6 Å². The van der Waals surface area contributed by atoms with Crippen LogP contribution in [0.2, 0.25) is 0 Å². The average molecular weight is 465 g/mol. The van der Waals surface area contributed by atoms with Gasteiger partial charge >= 0.3 is 0 Å². The molecule has 3 heterocycles. The van der Waals surface area contributed by atoms with Crippen molar-refractivity contribution >= 4 is 22.2 Å². The highest BCUT2D eigenvalue weighted by atomic mass is 32.1. The van der Waals surface area contributed by atoms with Gasteiger partial charge in [-0.3, -0.25) is 9.69 Å². The van der Waals surface area contributed by atoms with Crippen molar-refractivity contribution in [2.45, 2.75) is 51.5 Å². The Balaban J connectivity index is 1.59. The number of hydrogen-bond acceptors (Lipinski definition) is 5. The molecule has 1 fully saturated rings. The fourth-order valence-corrected chi connectivity index (χ4v) is 6.32. The molecule has 174 valence electrons. The molecular weight excluding hydrogens is 432 g/mol. The number of carbonyl (C=O) groups excluding carboxylic acids is 1. The van der Waals surface area contributed by atoms with E-state index in [0.717, 1.165) is 44.1 Å². The highest BCUT2D eigenvalue weighted by molar-refractivity contribution is 7.16. The lowest BCUT2D eigenvalue weighted by atomic mass is 9.88. The van der Waals surface area contributed by atoms with Crippen LogP contribution in [0.4, 0.5) is 5.00 Å². The van der Waals surface area contributed by atoms with Gasteiger partial charge in [-0.25, -0.2) is 0 Å². The Morgan fingerprint density at radius 3 is 2.45 bits per heavy atom. The summed E-state index contributed by atoms with van der Waals surface area (Å²) < 4.78 is 11.1. The van der Waals surface area contributed by atoms with Crippen LogP contribution in [0.1, 0.15) is 76.3 Å². The minimum atomic E-state index is -0.185.